The lowest BCUT2D eigenvalue weighted by Gasteiger charge is -2.14. The maximum absolute atomic E-state index is 11.9. The van der Waals surface area contributed by atoms with Crippen LogP contribution in [0.2, 0.25) is 0 Å². The molecule has 1 aliphatic rings. The molecule has 4 rings (SSSR count). The average Bonchev–Trinajstić information content (AvgIpc) is 3.29. The van der Waals surface area contributed by atoms with Crippen LogP contribution in [-0.4, -0.2) is 39.3 Å². The molecule has 0 aliphatic carbocycles. The van der Waals surface area contributed by atoms with Gasteiger partial charge in [0.15, 0.2) is 5.82 Å². The molecular formula is C20H25N5O3. The molecule has 8 heteroatoms. The van der Waals surface area contributed by atoms with Crippen molar-refractivity contribution in [2.24, 2.45) is 0 Å². The fraction of sp³-hybridized carbons (Fsp3) is 0.350. The zero-order valence-corrected chi connectivity index (χ0v) is 16.3. The lowest BCUT2D eigenvalue weighted by Crippen LogP contribution is -2.25. The number of aryl methyl sites for hydroxylation is 1. The van der Waals surface area contributed by atoms with Crippen molar-refractivity contribution in [2.75, 3.05) is 23.4 Å². The largest absolute Gasteiger partial charge is 0.508 e. The molecule has 1 aromatic carbocycles. The fourth-order valence-corrected chi connectivity index (χ4v) is 2.79. The molecule has 3 N–H and O–H groups in total. The monoisotopic (exact) mass is 383 g/mol. The summed E-state index contributed by atoms with van der Waals surface area (Å²) in [6.07, 6.45) is 2.59. The summed E-state index contributed by atoms with van der Waals surface area (Å²) in [5.74, 6) is 1.09. The van der Waals surface area contributed by atoms with E-state index < -0.39 is 6.09 Å². The van der Waals surface area contributed by atoms with Crippen LogP contribution in [0.1, 0.15) is 31.4 Å². The zero-order chi connectivity index (χ0) is 20.1. The van der Waals surface area contributed by atoms with E-state index in [2.05, 4.69) is 34.1 Å². The molecule has 3 aromatic rings. The third kappa shape index (κ3) is 4.16. The van der Waals surface area contributed by atoms with Crippen LogP contribution in [0.3, 0.4) is 0 Å². The first-order chi connectivity index (χ1) is 13.5. The number of aromatic amines is 1. The molecule has 1 saturated heterocycles. The number of carbonyl (C=O) groups excluding carboxylic acids is 1. The van der Waals surface area contributed by atoms with E-state index in [4.69, 9.17) is 4.74 Å². The number of cyclic esters (lactones) is 1. The van der Waals surface area contributed by atoms with E-state index in [0.717, 1.165) is 16.5 Å². The average molecular weight is 383 g/mol. The highest BCUT2D eigenvalue weighted by Crippen LogP contribution is 2.27. The van der Waals surface area contributed by atoms with Crippen LogP contribution >= 0.6 is 0 Å². The molecule has 1 fully saturated rings. The Kier molecular flexibility index (Phi) is 5.98. The number of hydrogen-bond acceptors (Lipinski definition) is 6. The first-order valence-electron chi connectivity index (χ1n) is 9.35. The minimum Gasteiger partial charge on any atom is -0.508 e. The number of phenolic OH excluding ortho intramolecular Hbond substituents is 1. The third-order valence-electron chi connectivity index (χ3n) is 4.09. The van der Waals surface area contributed by atoms with Gasteiger partial charge in [0.1, 0.15) is 18.0 Å². The molecular weight excluding hydrogens is 358 g/mol. The third-order valence-corrected chi connectivity index (χ3v) is 4.09. The molecule has 28 heavy (non-hydrogen) atoms. The van der Waals surface area contributed by atoms with E-state index in [-0.39, 0.29) is 5.75 Å². The van der Waals surface area contributed by atoms with Crippen molar-refractivity contribution in [2.45, 2.75) is 33.7 Å². The van der Waals surface area contributed by atoms with Gasteiger partial charge in [0.25, 0.3) is 0 Å². The fourth-order valence-electron chi connectivity index (χ4n) is 2.79. The molecule has 0 spiro atoms. The molecule has 0 unspecified atom stereocenters. The Bertz CT molecular complexity index is 970. The molecule has 0 bridgehead atoms. The van der Waals surface area contributed by atoms with Crippen LogP contribution in [-0.2, 0) is 11.3 Å². The number of benzene rings is 1. The van der Waals surface area contributed by atoms with Crippen LogP contribution in [0, 0.1) is 6.92 Å². The minimum absolute atomic E-state index is 0.219. The molecule has 0 atom stereocenters. The maximum Gasteiger partial charge on any atom is 0.415 e. The molecule has 1 aliphatic heterocycles. The van der Waals surface area contributed by atoms with Gasteiger partial charge in [0.05, 0.1) is 11.9 Å². The molecule has 2 aromatic heterocycles. The van der Waals surface area contributed by atoms with E-state index >= 15 is 0 Å². The second-order valence-electron chi connectivity index (χ2n) is 6.57. The van der Waals surface area contributed by atoms with E-state index in [1.54, 1.807) is 12.3 Å². The van der Waals surface area contributed by atoms with Gasteiger partial charge in [-0.25, -0.2) is 4.79 Å². The summed E-state index contributed by atoms with van der Waals surface area (Å²) in [4.78, 5) is 25.3. The molecule has 1 amide bonds. The number of nitrogens with zero attached hydrogens (tertiary/aromatic N) is 3. The second kappa shape index (κ2) is 8.60. The number of nitrogens with one attached hydrogen (secondary N) is 2. The van der Waals surface area contributed by atoms with E-state index in [1.165, 1.54) is 11.3 Å². The van der Waals surface area contributed by atoms with Gasteiger partial charge in [-0.1, -0.05) is 32.4 Å². The van der Waals surface area contributed by atoms with E-state index in [1.807, 2.05) is 25.1 Å². The molecule has 0 radical (unpaired) electrons. The van der Waals surface area contributed by atoms with Crippen molar-refractivity contribution in [3.05, 3.63) is 41.6 Å². The van der Waals surface area contributed by atoms with Gasteiger partial charge in [-0.3, -0.25) is 4.90 Å². The number of rotatable bonds is 4. The van der Waals surface area contributed by atoms with Crippen LogP contribution in [0.5, 0.6) is 5.75 Å². The Balaban J connectivity index is 0.000000706. The Morgan fingerprint density at radius 3 is 2.75 bits per heavy atom. The summed E-state index contributed by atoms with van der Waals surface area (Å²) in [5, 5.41) is 13.9. The van der Waals surface area contributed by atoms with Gasteiger partial charge in [0.2, 0.25) is 5.95 Å². The summed E-state index contributed by atoms with van der Waals surface area (Å²) in [6.45, 7) is 7.33. The Hall–Kier alpha value is -3.29. The highest BCUT2D eigenvalue weighted by Gasteiger charge is 2.27. The van der Waals surface area contributed by atoms with Crippen molar-refractivity contribution >= 4 is 28.9 Å². The van der Waals surface area contributed by atoms with Crippen LogP contribution in [0.15, 0.2) is 30.5 Å². The topological polar surface area (TPSA) is 103 Å². The van der Waals surface area contributed by atoms with Gasteiger partial charge >= 0.3 is 6.09 Å². The SMILES string of the molecule is CCC.Cc1ccc(CNc2nc(N3CCOC3=O)c3cc[nH]c3n2)c(O)c1. The van der Waals surface area contributed by atoms with Crippen LogP contribution in [0.25, 0.3) is 11.0 Å². The molecule has 8 nitrogen and oxygen atoms in total. The summed E-state index contributed by atoms with van der Waals surface area (Å²) >= 11 is 0. The summed E-state index contributed by atoms with van der Waals surface area (Å²) < 4.78 is 5.00. The Morgan fingerprint density at radius 1 is 1.29 bits per heavy atom. The van der Waals surface area contributed by atoms with Crippen LogP contribution < -0.4 is 10.2 Å². The van der Waals surface area contributed by atoms with Crippen molar-refractivity contribution in [1.29, 1.82) is 0 Å². The summed E-state index contributed by atoms with van der Waals surface area (Å²) in [7, 11) is 0. The maximum atomic E-state index is 11.9. The van der Waals surface area contributed by atoms with Gasteiger partial charge in [0, 0.05) is 18.3 Å². The highest BCUT2D eigenvalue weighted by molar-refractivity contribution is 5.98. The van der Waals surface area contributed by atoms with Gasteiger partial charge in [-0.15, -0.1) is 0 Å². The number of ether oxygens (including phenoxy) is 1. The molecule has 3 heterocycles. The van der Waals surface area contributed by atoms with Crippen molar-refractivity contribution in [1.82, 2.24) is 15.0 Å². The number of amides is 1. The lowest BCUT2D eigenvalue weighted by molar-refractivity contribution is 0.181. The van der Waals surface area contributed by atoms with Crippen molar-refractivity contribution < 1.29 is 14.6 Å². The number of anilines is 2. The number of aromatic hydroxyl groups is 1. The summed E-state index contributed by atoms with van der Waals surface area (Å²) in [6, 6.07) is 7.31. The van der Waals surface area contributed by atoms with Gasteiger partial charge in [-0.2, -0.15) is 9.97 Å². The normalized spacial score (nSPS) is 13.2. The van der Waals surface area contributed by atoms with Gasteiger partial charge < -0.3 is 20.1 Å². The van der Waals surface area contributed by atoms with E-state index in [0.29, 0.717) is 37.1 Å². The minimum atomic E-state index is -0.414. The predicted molar refractivity (Wildman–Crippen MR) is 109 cm³/mol. The zero-order valence-electron chi connectivity index (χ0n) is 16.3. The predicted octanol–water partition coefficient (Wildman–Crippen LogP) is 3.96. The first kappa shape index (κ1) is 19.5. The number of fused-ring (bicyclic) bond motifs is 1. The molecule has 0 saturated carbocycles. The first-order valence-corrected chi connectivity index (χ1v) is 9.35. The molecule has 148 valence electrons. The van der Waals surface area contributed by atoms with Crippen molar-refractivity contribution in [3.63, 3.8) is 0 Å². The van der Waals surface area contributed by atoms with E-state index in [9.17, 15) is 9.90 Å². The second-order valence-corrected chi connectivity index (χ2v) is 6.57. The quantitative estimate of drug-likeness (QED) is 0.630. The number of hydrogen-bond donors (Lipinski definition) is 3. The van der Waals surface area contributed by atoms with Gasteiger partial charge in [-0.05, 0) is 24.6 Å². The number of phenols is 1. The Morgan fingerprint density at radius 2 is 2.07 bits per heavy atom. The van der Waals surface area contributed by atoms with Crippen molar-refractivity contribution in [3.8, 4) is 5.75 Å². The Labute approximate surface area is 163 Å². The number of H-pyrrole nitrogens is 1. The van der Waals surface area contributed by atoms with Crippen LogP contribution in [0.4, 0.5) is 16.6 Å². The smallest absolute Gasteiger partial charge is 0.415 e. The standard InChI is InChI=1S/C17H17N5O3.C3H8/c1-10-2-3-11(13(23)8-10)9-19-16-20-14-12(4-5-18-14)15(21-16)22-6-7-25-17(22)24;1-3-2/h2-5,8,23H,6-7,9H2,1H3,(H2,18,19,20,21);3H2,1-2H3. The highest BCUT2D eigenvalue weighted by atomic mass is 16.6. The number of carbonyl (C=O) groups is 1. The lowest BCUT2D eigenvalue weighted by atomic mass is 10.1. The number of aromatic nitrogens is 3. The summed E-state index contributed by atoms with van der Waals surface area (Å²) in [5.41, 5.74) is 2.35.